The summed E-state index contributed by atoms with van der Waals surface area (Å²) in [6.45, 7) is 11.3. The summed E-state index contributed by atoms with van der Waals surface area (Å²) in [5.74, 6) is 0.452. The molecule has 1 heterocycles. The molecule has 10 nitrogen and oxygen atoms in total. The van der Waals surface area contributed by atoms with Gasteiger partial charge in [-0.15, -0.1) is 0 Å². The third-order valence-corrected chi connectivity index (χ3v) is 5.80. The molecule has 5 N–H and O–H groups in total. The molecule has 40 heavy (non-hydrogen) atoms. The zero-order valence-electron chi connectivity index (χ0n) is 23.5. The monoisotopic (exact) mass is 538 g/mol. The van der Waals surface area contributed by atoms with Gasteiger partial charge in [-0.3, -0.25) is 9.59 Å². The van der Waals surface area contributed by atoms with Crippen molar-refractivity contribution in [3.05, 3.63) is 82.9 Å². The van der Waals surface area contributed by atoms with E-state index in [-0.39, 0.29) is 17.8 Å². The first kappa shape index (κ1) is 28.0. The first-order valence-electron chi connectivity index (χ1n) is 12.9. The number of nitrogens with one attached hydrogen (secondary N) is 5. The number of carbonyl (C=O) groups excluding carboxylic acids is 2. The van der Waals surface area contributed by atoms with Crippen LogP contribution in [0.1, 0.15) is 36.1 Å². The maximum atomic E-state index is 12.9. The quantitative estimate of drug-likeness (QED) is 0.176. The standard InChI is InChI=1S/C30H34N8O2/c1-17-11-18(2)14-25(13-17)34-29-36-28(37-30(38-29)35-26-15-19(3)12-20(4)16-26)31-21(5)27(40)33-24-9-7-23(8-10-24)32-22(6)39/h7-16,21H,1-6H3,(H,32,39)(H,33,40)(H3,31,34,35,36,37,38). The van der Waals surface area contributed by atoms with Crippen molar-refractivity contribution in [3.8, 4) is 0 Å². The number of hydrogen-bond acceptors (Lipinski definition) is 8. The Balaban J connectivity index is 1.55. The highest BCUT2D eigenvalue weighted by atomic mass is 16.2. The van der Waals surface area contributed by atoms with Crippen LogP contribution in [0.5, 0.6) is 0 Å². The smallest absolute Gasteiger partial charge is 0.246 e. The van der Waals surface area contributed by atoms with Gasteiger partial charge in [0.1, 0.15) is 6.04 Å². The fourth-order valence-electron chi connectivity index (χ4n) is 4.25. The molecule has 0 radical (unpaired) electrons. The van der Waals surface area contributed by atoms with Gasteiger partial charge in [0.15, 0.2) is 0 Å². The number of nitrogens with zero attached hydrogens (tertiary/aromatic N) is 3. The van der Waals surface area contributed by atoms with Crippen LogP contribution in [0.2, 0.25) is 0 Å². The van der Waals surface area contributed by atoms with E-state index in [0.29, 0.717) is 23.3 Å². The Morgan fingerprint density at radius 1 is 0.600 bits per heavy atom. The van der Waals surface area contributed by atoms with Crippen molar-refractivity contribution in [2.24, 2.45) is 0 Å². The lowest BCUT2D eigenvalue weighted by atomic mass is 10.1. The summed E-state index contributed by atoms with van der Waals surface area (Å²) in [6.07, 6.45) is 0. The van der Waals surface area contributed by atoms with Crippen LogP contribution < -0.4 is 26.6 Å². The predicted molar refractivity (Wildman–Crippen MR) is 161 cm³/mol. The number of anilines is 7. The van der Waals surface area contributed by atoms with E-state index in [4.69, 9.17) is 0 Å². The highest BCUT2D eigenvalue weighted by molar-refractivity contribution is 5.96. The molecular formula is C30H34N8O2. The summed E-state index contributed by atoms with van der Waals surface area (Å²) in [4.78, 5) is 37.8. The van der Waals surface area contributed by atoms with Crippen LogP contribution in [-0.4, -0.2) is 32.8 Å². The Bertz CT molecular complexity index is 1420. The van der Waals surface area contributed by atoms with Crippen LogP contribution in [0.3, 0.4) is 0 Å². The topological polar surface area (TPSA) is 133 Å². The van der Waals surface area contributed by atoms with Crippen molar-refractivity contribution in [2.45, 2.75) is 47.6 Å². The molecule has 2 amide bonds. The van der Waals surface area contributed by atoms with Gasteiger partial charge in [-0.25, -0.2) is 0 Å². The summed E-state index contributed by atoms with van der Waals surface area (Å²) in [6, 6.07) is 18.4. The third kappa shape index (κ3) is 8.00. The molecule has 0 saturated carbocycles. The molecule has 1 aromatic heterocycles. The van der Waals surface area contributed by atoms with Crippen molar-refractivity contribution < 1.29 is 9.59 Å². The van der Waals surface area contributed by atoms with E-state index in [2.05, 4.69) is 53.7 Å². The van der Waals surface area contributed by atoms with Crippen LogP contribution >= 0.6 is 0 Å². The molecule has 0 aliphatic carbocycles. The number of rotatable bonds is 9. The zero-order valence-corrected chi connectivity index (χ0v) is 23.5. The Labute approximate surface area is 234 Å². The molecule has 0 aliphatic rings. The summed E-state index contributed by atoms with van der Waals surface area (Å²) in [5, 5.41) is 15.2. The summed E-state index contributed by atoms with van der Waals surface area (Å²) >= 11 is 0. The Morgan fingerprint density at radius 3 is 1.43 bits per heavy atom. The lowest BCUT2D eigenvalue weighted by molar-refractivity contribution is -0.116. The maximum absolute atomic E-state index is 12.9. The second-order valence-corrected chi connectivity index (χ2v) is 9.92. The Kier molecular flexibility index (Phi) is 8.58. The van der Waals surface area contributed by atoms with E-state index in [1.165, 1.54) is 6.92 Å². The predicted octanol–water partition coefficient (Wildman–Crippen LogP) is 5.99. The van der Waals surface area contributed by atoms with Gasteiger partial charge in [-0.05, 0) is 105 Å². The molecule has 206 valence electrons. The molecule has 4 aromatic rings. The number of hydrogen-bond donors (Lipinski definition) is 5. The SMILES string of the molecule is CC(=O)Nc1ccc(NC(=O)C(C)Nc2nc(Nc3cc(C)cc(C)c3)nc(Nc3cc(C)cc(C)c3)n2)cc1. The van der Waals surface area contributed by atoms with Gasteiger partial charge in [0.2, 0.25) is 29.7 Å². The number of carbonyl (C=O) groups is 2. The van der Waals surface area contributed by atoms with Gasteiger partial charge < -0.3 is 26.6 Å². The minimum absolute atomic E-state index is 0.162. The molecule has 0 bridgehead atoms. The van der Waals surface area contributed by atoms with Gasteiger partial charge in [-0.2, -0.15) is 15.0 Å². The van der Waals surface area contributed by atoms with E-state index in [1.54, 1.807) is 31.2 Å². The van der Waals surface area contributed by atoms with Gasteiger partial charge in [0.25, 0.3) is 0 Å². The van der Waals surface area contributed by atoms with E-state index < -0.39 is 6.04 Å². The second kappa shape index (κ2) is 12.2. The zero-order chi connectivity index (χ0) is 28.8. The fraction of sp³-hybridized carbons (Fsp3) is 0.233. The molecule has 1 unspecified atom stereocenters. The van der Waals surface area contributed by atoms with E-state index in [1.807, 2.05) is 52.0 Å². The minimum atomic E-state index is -0.666. The lowest BCUT2D eigenvalue weighted by Gasteiger charge is -2.16. The van der Waals surface area contributed by atoms with Crippen molar-refractivity contribution >= 4 is 52.4 Å². The lowest BCUT2D eigenvalue weighted by Crippen LogP contribution is -2.32. The van der Waals surface area contributed by atoms with Gasteiger partial charge in [-0.1, -0.05) is 12.1 Å². The summed E-state index contributed by atoms with van der Waals surface area (Å²) < 4.78 is 0. The van der Waals surface area contributed by atoms with Crippen LogP contribution in [0.4, 0.5) is 40.6 Å². The summed E-state index contributed by atoms with van der Waals surface area (Å²) in [7, 11) is 0. The first-order chi connectivity index (χ1) is 19.0. The van der Waals surface area contributed by atoms with Crippen LogP contribution in [0.15, 0.2) is 60.7 Å². The second-order valence-electron chi connectivity index (χ2n) is 9.92. The number of aryl methyl sites for hydroxylation is 4. The molecule has 0 spiro atoms. The van der Waals surface area contributed by atoms with E-state index in [9.17, 15) is 9.59 Å². The highest BCUT2D eigenvalue weighted by Gasteiger charge is 2.16. The fourth-order valence-corrected chi connectivity index (χ4v) is 4.25. The molecule has 0 fully saturated rings. The molecule has 0 saturated heterocycles. The summed E-state index contributed by atoms with van der Waals surface area (Å²) in [5.41, 5.74) is 7.38. The molecule has 10 heteroatoms. The molecule has 1 atom stereocenters. The van der Waals surface area contributed by atoms with Crippen molar-refractivity contribution in [1.82, 2.24) is 15.0 Å². The molecular weight excluding hydrogens is 504 g/mol. The van der Waals surface area contributed by atoms with E-state index >= 15 is 0 Å². The van der Waals surface area contributed by atoms with Gasteiger partial charge >= 0.3 is 0 Å². The van der Waals surface area contributed by atoms with Crippen molar-refractivity contribution in [2.75, 3.05) is 26.6 Å². The van der Waals surface area contributed by atoms with Gasteiger partial charge in [0, 0.05) is 29.7 Å². The van der Waals surface area contributed by atoms with Crippen molar-refractivity contribution in [1.29, 1.82) is 0 Å². The van der Waals surface area contributed by atoms with E-state index in [0.717, 1.165) is 33.6 Å². The molecule has 0 aliphatic heterocycles. The average molecular weight is 539 g/mol. The largest absolute Gasteiger partial charge is 0.342 e. The van der Waals surface area contributed by atoms with Crippen LogP contribution in [-0.2, 0) is 9.59 Å². The Hall–Kier alpha value is -4.99. The van der Waals surface area contributed by atoms with Crippen LogP contribution in [0.25, 0.3) is 0 Å². The maximum Gasteiger partial charge on any atom is 0.246 e. The first-order valence-corrected chi connectivity index (χ1v) is 12.9. The highest BCUT2D eigenvalue weighted by Crippen LogP contribution is 2.22. The molecule has 3 aromatic carbocycles. The number of aromatic nitrogens is 3. The normalized spacial score (nSPS) is 11.3. The van der Waals surface area contributed by atoms with Crippen LogP contribution in [0, 0.1) is 27.7 Å². The third-order valence-electron chi connectivity index (χ3n) is 5.80. The van der Waals surface area contributed by atoms with Gasteiger partial charge in [0.05, 0.1) is 0 Å². The minimum Gasteiger partial charge on any atom is -0.342 e. The number of amides is 2. The molecule has 4 rings (SSSR count). The average Bonchev–Trinajstić information content (AvgIpc) is 2.83. The van der Waals surface area contributed by atoms with Crippen molar-refractivity contribution in [3.63, 3.8) is 0 Å². The Morgan fingerprint density at radius 2 is 1.00 bits per heavy atom. The number of benzene rings is 3.